The van der Waals surface area contributed by atoms with Crippen LogP contribution in [0.15, 0.2) is 53.6 Å². The molecule has 0 fully saturated rings. The Kier molecular flexibility index (Phi) is 7.41. The van der Waals surface area contributed by atoms with Crippen molar-refractivity contribution in [1.82, 2.24) is 0 Å². The van der Waals surface area contributed by atoms with E-state index in [0.29, 0.717) is 13.0 Å². The number of ether oxygens (including phenoxy) is 1. The lowest BCUT2D eigenvalue weighted by molar-refractivity contribution is -0.141. The van der Waals surface area contributed by atoms with Crippen LogP contribution >= 0.6 is 0 Å². The number of benzene rings is 1. The van der Waals surface area contributed by atoms with Gasteiger partial charge in [-0.25, -0.2) is 0 Å². The number of carbonyl (C=O) groups is 1. The van der Waals surface area contributed by atoms with E-state index in [1.54, 1.807) is 0 Å². The molecule has 0 aliphatic rings. The summed E-state index contributed by atoms with van der Waals surface area (Å²) < 4.78 is 5.17. The first kappa shape index (κ1) is 16.2. The molecule has 1 rings (SSSR count). The third-order valence-electron chi connectivity index (χ3n) is 3.38. The zero-order chi connectivity index (χ0) is 14.8. The Morgan fingerprint density at radius 1 is 1.10 bits per heavy atom. The van der Waals surface area contributed by atoms with E-state index >= 15 is 0 Å². The Hall–Kier alpha value is -1.83. The molecule has 0 aromatic heterocycles. The topological polar surface area (TPSA) is 26.3 Å². The Morgan fingerprint density at radius 3 is 2.45 bits per heavy atom. The van der Waals surface area contributed by atoms with E-state index in [2.05, 4.69) is 26.8 Å². The highest BCUT2D eigenvalue weighted by Crippen LogP contribution is 2.11. The van der Waals surface area contributed by atoms with E-state index in [9.17, 15) is 4.79 Å². The van der Waals surface area contributed by atoms with Crippen LogP contribution in [0.1, 0.15) is 39.2 Å². The van der Waals surface area contributed by atoms with Gasteiger partial charge in [-0.05, 0) is 32.3 Å². The van der Waals surface area contributed by atoms with Gasteiger partial charge in [0.15, 0.2) is 0 Å². The van der Waals surface area contributed by atoms with Crippen molar-refractivity contribution in [3.8, 4) is 0 Å². The molecule has 108 valence electrons. The van der Waals surface area contributed by atoms with Crippen LogP contribution in [0.2, 0.25) is 0 Å². The van der Waals surface area contributed by atoms with Crippen LogP contribution in [0.25, 0.3) is 0 Å². The summed E-state index contributed by atoms with van der Waals surface area (Å²) in [5.74, 6) is -0.183. The summed E-state index contributed by atoms with van der Waals surface area (Å²) in [6.07, 6.45) is 6.32. The molecule has 0 saturated carbocycles. The van der Waals surface area contributed by atoms with Crippen molar-refractivity contribution < 1.29 is 9.53 Å². The molecule has 2 nitrogen and oxygen atoms in total. The van der Waals surface area contributed by atoms with Crippen molar-refractivity contribution in [3.63, 3.8) is 0 Å². The summed E-state index contributed by atoms with van der Waals surface area (Å²) in [7, 11) is 0. The predicted octanol–water partition coefficient (Wildman–Crippen LogP) is 4.47. The third kappa shape index (κ3) is 6.37. The second-order valence-corrected chi connectivity index (χ2v) is 4.94. The van der Waals surface area contributed by atoms with E-state index < -0.39 is 0 Å². The second-order valence-electron chi connectivity index (χ2n) is 4.94. The summed E-state index contributed by atoms with van der Waals surface area (Å²) in [6, 6.07) is 9.64. The van der Waals surface area contributed by atoms with Gasteiger partial charge in [0.2, 0.25) is 0 Å². The molecule has 2 heteroatoms. The van der Waals surface area contributed by atoms with Crippen LogP contribution in [0.5, 0.6) is 0 Å². The van der Waals surface area contributed by atoms with Gasteiger partial charge >= 0.3 is 5.97 Å². The lowest BCUT2D eigenvalue weighted by Gasteiger charge is -2.03. The van der Waals surface area contributed by atoms with Crippen molar-refractivity contribution in [2.45, 2.75) is 40.0 Å². The molecule has 1 aromatic carbocycles. The first-order valence-electron chi connectivity index (χ1n) is 7.13. The van der Waals surface area contributed by atoms with Crippen LogP contribution < -0.4 is 0 Å². The molecule has 0 heterocycles. The molecule has 0 aliphatic heterocycles. The van der Waals surface area contributed by atoms with Gasteiger partial charge in [-0.1, -0.05) is 60.6 Å². The largest absolute Gasteiger partial charge is 0.461 e. The molecular weight excluding hydrogens is 248 g/mol. The van der Waals surface area contributed by atoms with Crippen molar-refractivity contribution in [1.29, 1.82) is 0 Å². The summed E-state index contributed by atoms with van der Waals surface area (Å²) in [6.45, 7) is 6.81. The van der Waals surface area contributed by atoms with Crippen LogP contribution in [-0.2, 0) is 16.0 Å². The van der Waals surface area contributed by atoms with Gasteiger partial charge in [0.1, 0.15) is 6.61 Å². The maximum atomic E-state index is 11.6. The molecule has 0 radical (unpaired) electrons. The molecule has 0 bridgehead atoms. The highest BCUT2D eigenvalue weighted by atomic mass is 16.5. The number of esters is 1. The van der Waals surface area contributed by atoms with E-state index in [0.717, 1.165) is 18.4 Å². The maximum Gasteiger partial charge on any atom is 0.310 e. The number of hydrogen-bond donors (Lipinski definition) is 0. The number of rotatable bonds is 7. The molecular formula is C18H24O2. The zero-order valence-electron chi connectivity index (χ0n) is 12.7. The van der Waals surface area contributed by atoms with E-state index in [-0.39, 0.29) is 5.97 Å². The van der Waals surface area contributed by atoms with E-state index in [1.807, 2.05) is 36.4 Å². The van der Waals surface area contributed by atoms with Gasteiger partial charge in [-0.3, -0.25) is 4.79 Å². The maximum absolute atomic E-state index is 11.6. The molecule has 0 saturated heterocycles. The Balaban J connectivity index is 2.26. The minimum absolute atomic E-state index is 0.183. The SMILES string of the molecule is CC/C(C)=C(\C)C/C=C/COC(=O)Cc1ccccc1. The first-order valence-corrected chi connectivity index (χ1v) is 7.13. The van der Waals surface area contributed by atoms with Crippen molar-refractivity contribution in [2.75, 3.05) is 6.61 Å². The summed E-state index contributed by atoms with van der Waals surface area (Å²) in [4.78, 5) is 11.6. The standard InChI is InChI=1S/C18H24O2/c1-4-15(2)16(3)10-8-9-13-20-18(19)14-17-11-6-5-7-12-17/h5-9,11-12H,4,10,13-14H2,1-3H3/b9-8+,16-15+. The van der Waals surface area contributed by atoms with Gasteiger partial charge in [0, 0.05) is 0 Å². The van der Waals surface area contributed by atoms with Crippen LogP contribution in [0.4, 0.5) is 0 Å². The second kappa shape index (κ2) is 9.13. The lowest BCUT2D eigenvalue weighted by Crippen LogP contribution is -2.07. The fraction of sp³-hybridized carbons (Fsp3) is 0.389. The Labute approximate surface area is 122 Å². The molecule has 0 amide bonds. The van der Waals surface area contributed by atoms with Gasteiger partial charge in [-0.15, -0.1) is 0 Å². The van der Waals surface area contributed by atoms with E-state index in [1.165, 1.54) is 11.1 Å². The molecule has 0 aliphatic carbocycles. The van der Waals surface area contributed by atoms with Crippen molar-refractivity contribution in [3.05, 3.63) is 59.2 Å². The summed E-state index contributed by atoms with van der Waals surface area (Å²) in [5.41, 5.74) is 3.80. The van der Waals surface area contributed by atoms with Gasteiger partial charge in [0.25, 0.3) is 0 Å². The average Bonchev–Trinajstić information content (AvgIpc) is 2.46. The van der Waals surface area contributed by atoms with Gasteiger partial charge in [0.05, 0.1) is 6.42 Å². The van der Waals surface area contributed by atoms with Gasteiger partial charge in [-0.2, -0.15) is 0 Å². The smallest absolute Gasteiger partial charge is 0.310 e. The summed E-state index contributed by atoms with van der Waals surface area (Å²) >= 11 is 0. The minimum Gasteiger partial charge on any atom is -0.461 e. The van der Waals surface area contributed by atoms with Crippen molar-refractivity contribution in [2.24, 2.45) is 0 Å². The summed E-state index contributed by atoms with van der Waals surface area (Å²) in [5, 5.41) is 0. The molecule has 0 spiro atoms. The Morgan fingerprint density at radius 2 is 1.80 bits per heavy atom. The highest BCUT2D eigenvalue weighted by molar-refractivity contribution is 5.72. The van der Waals surface area contributed by atoms with Gasteiger partial charge < -0.3 is 4.74 Å². The molecule has 0 atom stereocenters. The fourth-order valence-electron chi connectivity index (χ4n) is 1.76. The van der Waals surface area contributed by atoms with Crippen molar-refractivity contribution >= 4 is 5.97 Å². The monoisotopic (exact) mass is 272 g/mol. The van der Waals surface area contributed by atoms with E-state index in [4.69, 9.17) is 4.74 Å². The normalized spacial score (nSPS) is 12.3. The van der Waals surface area contributed by atoms with Crippen LogP contribution in [0.3, 0.4) is 0 Å². The molecule has 1 aromatic rings. The number of hydrogen-bond acceptors (Lipinski definition) is 2. The predicted molar refractivity (Wildman–Crippen MR) is 83.5 cm³/mol. The zero-order valence-corrected chi connectivity index (χ0v) is 12.7. The highest BCUT2D eigenvalue weighted by Gasteiger charge is 2.02. The Bertz CT molecular complexity index is 469. The molecule has 0 unspecified atom stereocenters. The fourth-order valence-corrected chi connectivity index (χ4v) is 1.76. The lowest BCUT2D eigenvalue weighted by atomic mass is 10.1. The minimum atomic E-state index is -0.183. The average molecular weight is 272 g/mol. The third-order valence-corrected chi connectivity index (χ3v) is 3.38. The molecule has 20 heavy (non-hydrogen) atoms. The quantitative estimate of drug-likeness (QED) is 0.541. The molecule has 0 N–H and O–H groups in total. The van der Waals surface area contributed by atoms with Crippen LogP contribution in [-0.4, -0.2) is 12.6 Å². The number of allylic oxidation sites excluding steroid dienone is 3. The van der Waals surface area contributed by atoms with Crippen LogP contribution in [0, 0.1) is 0 Å². The first-order chi connectivity index (χ1) is 9.63. The number of carbonyl (C=O) groups excluding carboxylic acids is 1.